The third kappa shape index (κ3) is 2.98. The zero-order chi connectivity index (χ0) is 11.6. The normalized spacial score (nSPS) is 11.5. The maximum Gasteiger partial charge on any atom is 0.573 e. The summed E-state index contributed by atoms with van der Waals surface area (Å²) in [5.74, 6) is -1.61. The van der Waals surface area contributed by atoms with Crippen molar-refractivity contribution in [2.45, 2.75) is 13.0 Å². The molecule has 0 aliphatic carbocycles. The molecule has 0 aliphatic rings. The highest BCUT2D eigenvalue weighted by atomic mass is 19.4. The number of aliphatic hydroxyl groups excluding tert-OH is 1. The summed E-state index contributed by atoms with van der Waals surface area (Å²) in [6.07, 6.45) is -4.93. The number of ether oxygens (including phenoxy) is 1. The van der Waals surface area contributed by atoms with E-state index in [4.69, 9.17) is 10.8 Å². The van der Waals surface area contributed by atoms with Crippen LogP contribution in [-0.2, 0) is 6.61 Å². The Kier molecular flexibility index (Phi) is 3.04. The lowest BCUT2D eigenvalue weighted by atomic mass is 10.2. The van der Waals surface area contributed by atoms with Crippen LogP contribution in [0, 0.1) is 5.82 Å². The van der Waals surface area contributed by atoms with E-state index in [1.54, 1.807) is 0 Å². The molecule has 0 spiro atoms. The number of nitrogens with two attached hydrogens (primary N) is 1. The molecule has 0 heterocycles. The topological polar surface area (TPSA) is 55.5 Å². The standard InChI is InChI=1S/C8H7F4NO2/c9-5-1-4(3-14)7(6(13)2-5)15-8(10,11)12/h1-2,14H,3,13H2. The van der Waals surface area contributed by atoms with Gasteiger partial charge in [-0.05, 0) is 6.07 Å². The van der Waals surface area contributed by atoms with Crippen molar-refractivity contribution in [3.05, 3.63) is 23.5 Å². The quantitative estimate of drug-likeness (QED) is 0.596. The van der Waals surface area contributed by atoms with E-state index < -0.39 is 30.2 Å². The van der Waals surface area contributed by atoms with Crippen molar-refractivity contribution in [1.82, 2.24) is 0 Å². The summed E-state index contributed by atoms with van der Waals surface area (Å²) < 4.78 is 51.9. The predicted octanol–water partition coefficient (Wildman–Crippen LogP) is 1.80. The van der Waals surface area contributed by atoms with E-state index in [2.05, 4.69) is 4.74 Å². The molecule has 0 saturated heterocycles. The second-order valence-corrected chi connectivity index (χ2v) is 2.69. The molecule has 0 unspecified atom stereocenters. The molecule has 0 atom stereocenters. The maximum atomic E-state index is 12.7. The van der Waals surface area contributed by atoms with Crippen LogP contribution >= 0.6 is 0 Å². The van der Waals surface area contributed by atoms with Crippen LogP contribution in [-0.4, -0.2) is 11.5 Å². The Bertz CT molecular complexity index is 364. The summed E-state index contributed by atoms with van der Waals surface area (Å²) in [7, 11) is 0. The Morgan fingerprint density at radius 3 is 2.40 bits per heavy atom. The molecule has 0 bridgehead atoms. The lowest BCUT2D eigenvalue weighted by molar-refractivity contribution is -0.274. The zero-order valence-corrected chi connectivity index (χ0v) is 7.31. The number of hydrogen-bond acceptors (Lipinski definition) is 3. The largest absolute Gasteiger partial charge is 0.573 e. The first kappa shape index (κ1) is 11.6. The molecule has 0 saturated carbocycles. The molecule has 15 heavy (non-hydrogen) atoms. The van der Waals surface area contributed by atoms with Crippen LogP contribution in [0.2, 0.25) is 0 Å². The summed E-state index contributed by atoms with van der Waals surface area (Å²) in [5.41, 5.74) is 4.25. The summed E-state index contributed by atoms with van der Waals surface area (Å²) in [4.78, 5) is 0. The van der Waals surface area contributed by atoms with Crippen molar-refractivity contribution in [2.75, 3.05) is 5.73 Å². The van der Waals surface area contributed by atoms with Gasteiger partial charge >= 0.3 is 6.36 Å². The van der Waals surface area contributed by atoms with Gasteiger partial charge in [-0.1, -0.05) is 0 Å². The Labute approximate surface area is 82.1 Å². The van der Waals surface area contributed by atoms with Crippen LogP contribution in [0.1, 0.15) is 5.56 Å². The van der Waals surface area contributed by atoms with Crippen LogP contribution in [0.5, 0.6) is 5.75 Å². The Morgan fingerprint density at radius 2 is 1.93 bits per heavy atom. The molecule has 0 radical (unpaired) electrons. The molecule has 0 aliphatic heterocycles. The van der Waals surface area contributed by atoms with Crippen molar-refractivity contribution in [1.29, 1.82) is 0 Å². The SMILES string of the molecule is Nc1cc(F)cc(CO)c1OC(F)(F)F. The van der Waals surface area contributed by atoms with E-state index in [0.717, 1.165) is 6.07 Å². The van der Waals surface area contributed by atoms with Gasteiger partial charge in [-0.25, -0.2) is 4.39 Å². The highest BCUT2D eigenvalue weighted by molar-refractivity contribution is 5.57. The Hall–Kier alpha value is -1.50. The third-order valence-corrected chi connectivity index (χ3v) is 1.55. The Balaban J connectivity index is 3.15. The van der Waals surface area contributed by atoms with Crippen molar-refractivity contribution < 1.29 is 27.4 Å². The smallest absolute Gasteiger partial charge is 0.403 e. The maximum absolute atomic E-state index is 12.7. The average molecular weight is 225 g/mol. The minimum absolute atomic E-state index is 0.357. The summed E-state index contributed by atoms with van der Waals surface area (Å²) in [6.45, 7) is -0.798. The second kappa shape index (κ2) is 3.93. The van der Waals surface area contributed by atoms with Gasteiger partial charge in [0.2, 0.25) is 0 Å². The predicted molar refractivity (Wildman–Crippen MR) is 43.4 cm³/mol. The number of halogens is 4. The van der Waals surface area contributed by atoms with E-state index in [-0.39, 0.29) is 5.56 Å². The average Bonchev–Trinajstić information content (AvgIpc) is 2.07. The molecule has 7 heteroatoms. The molecular formula is C8H7F4NO2. The number of benzene rings is 1. The zero-order valence-electron chi connectivity index (χ0n) is 7.31. The van der Waals surface area contributed by atoms with Crippen molar-refractivity contribution in [3.63, 3.8) is 0 Å². The molecule has 84 valence electrons. The lowest BCUT2D eigenvalue weighted by Crippen LogP contribution is -2.19. The molecule has 3 N–H and O–H groups in total. The van der Waals surface area contributed by atoms with Gasteiger partial charge in [0.1, 0.15) is 5.82 Å². The fourth-order valence-corrected chi connectivity index (χ4v) is 1.03. The van der Waals surface area contributed by atoms with Gasteiger partial charge in [0, 0.05) is 11.6 Å². The fraction of sp³-hybridized carbons (Fsp3) is 0.250. The number of rotatable bonds is 2. The van der Waals surface area contributed by atoms with Crippen molar-refractivity contribution in [3.8, 4) is 5.75 Å². The number of anilines is 1. The Morgan fingerprint density at radius 1 is 1.33 bits per heavy atom. The summed E-state index contributed by atoms with van der Waals surface area (Å²) in [5, 5.41) is 8.69. The minimum atomic E-state index is -4.93. The van der Waals surface area contributed by atoms with Crippen LogP contribution in [0.15, 0.2) is 12.1 Å². The van der Waals surface area contributed by atoms with Gasteiger partial charge in [-0.2, -0.15) is 0 Å². The highest BCUT2D eigenvalue weighted by Crippen LogP contribution is 2.32. The molecule has 0 amide bonds. The van der Waals surface area contributed by atoms with Crippen LogP contribution < -0.4 is 10.5 Å². The highest BCUT2D eigenvalue weighted by Gasteiger charge is 2.33. The van der Waals surface area contributed by atoms with E-state index in [0.29, 0.717) is 6.07 Å². The molecular weight excluding hydrogens is 218 g/mol. The van der Waals surface area contributed by atoms with Crippen molar-refractivity contribution in [2.24, 2.45) is 0 Å². The minimum Gasteiger partial charge on any atom is -0.403 e. The number of nitrogen functional groups attached to an aromatic ring is 1. The molecule has 1 aromatic carbocycles. The van der Waals surface area contributed by atoms with Gasteiger partial charge < -0.3 is 15.6 Å². The van der Waals surface area contributed by atoms with Gasteiger partial charge in [-0.15, -0.1) is 13.2 Å². The van der Waals surface area contributed by atoms with E-state index in [9.17, 15) is 17.6 Å². The van der Waals surface area contributed by atoms with Crippen LogP contribution in [0.25, 0.3) is 0 Å². The third-order valence-electron chi connectivity index (χ3n) is 1.55. The lowest BCUT2D eigenvalue weighted by Gasteiger charge is -2.14. The first-order valence-electron chi connectivity index (χ1n) is 3.78. The van der Waals surface area contributed by atoms with E-state index >= 15 is 0 Å². The van der Waals surface area contributed by atoms with Crippen LogP contribution in [0.4, 0.5) is 23.2 Å². The monoisotopic (exact) mass is 225 g/mol. The van der Waals surface area contributed by atoms with Gasteiger partial charge in [0.25, 0.3) is 0 Å². The number of hydrogen-bond donors (Lipinski definition) is 2. The second-order valence-electron chi connectivity index (χ2n) is 2.69. The molecule has 0 aromatic heterocycles. The van der Waals surface area contributed by atoms with Crippen LogP contribution in [0.3, 0.4) is 0 Å². The summed E-state index contributed by atoms with van der Waals surface area (Å²) in [6, 6.07) is 1.40. The van der Waals surface area contributed by atoms with Gasteiger partial charge in [0.15, 0.2) is 5.75 Å². The molecule has 3 nitrogen and oxygen atoms in total. The molecule has 1 aromatic rings. The van der Waals surface area contributed by atoms with E-state index in [1.807, 2.05) is 0 Å². The first-order valence-corrected chi connectivity index (χ1v) is 3.78. The van der Waals surface area contributed by atoms with Gasteiger partial charge in [-0.3, -0.25) is 0 Å². The molecule has 0 fully saturated rings. The fourth-order valence-electron chi connectivity index (χ4n) is 1.03. The van der Waals surface area contributed by atoms with Crippen molar-refractivity contribution >= 4 is 5.69 Å². The van der Waals surface area contributed by atoms with Gasteiger partial charge in [0.05, 0.1) is 12.3 Å². The first-order chi connectivity index (χ1) is 6.83. The summed E-state index contributed by atoms with van der Waals surface area (Å²) >= 11 is 0. The number of aliphatic hydroxyl groups is 1. The van der Waals surface area contributed by atoms with E-state index in [1.165, 1.54) is 0 Å². The number of alkyl halides is 3. The molecule has 1 rings (SSSR count).